The van der Waals surface area contributed by atoms with Crippen molar-refractivity contribution in [2.24, 2.45) is 0 Å². The molecule has 0 N–H and O–H groups in total. The zero-order valence-electron chi connectivity index (χ0n) is 35.4. The van der Waals surface area contributed by atoms with Gasteiger partial charge >= 0.3 is 0 Å². The standard InChI is InChI=1S/C33H26N3O.C15H17FNSi.Ir/c1-20-12-18-26-25-10-7-11-27(30(25)37-32(26)34-20)31-35-29-24-9-6-5-8-21(24)13-19-28(29)36(31)23-16-14-22(15-17-23)33(2,3)4;1-11-9-14(12-7-5-6-8-13(12)16)17-10-15(11)18(2,3)4;/h5-10,12-19H,1-4H3;5-6,8-10H,1-4H3;/q2*-1;/i;1D3;. The summed E-state index contributed by atoms with van der Waals surface area (Å²) < 4.78 is 45.6. The quantitative estimate of drug-likeness (QED) is 0.130. The fraction of sp³-hybridized carbons (Fsp3) is 0.188. The molecule has 0 spiro atoms. The first-order valence-electron chi connectivity index (χ1n) is 19.9. The van der Waals surface area contributed by atoms with Gasteiger partial charge in [-0.2, -0.15) is 0 Å². The van der Waals surface area contributed by atoms with Crippen molar-refractivity contribution in [3.8, 4) is 28.3 Å². The summed E-state index contributed by atoms with van der Waals surface area (Å²) in [6.45, 7) is 12.6. The number of aromatic nitrogens is 4. The summed E-state index contributed by atoms with van der Waals surface area (Å²) >= 11 is 0. The van der Waals surface area contributed by atoms with E-state index in [1.54, 1.807) is 18.3 Å². The number of furan rings is 1. The molecular weight excluding hydrogens is 888 g/mol. The number of aryl methyl sites for hydroxylation is 2. The van der Waals surface area contributed by atoms with Crippen molar-refractivity contribution in [3.63, 3.8) is 0 Å². The molecule has 5 nitrogen and oxygen atoms in total. The Hall–Kier alpha value is -5.27. The Morgan fingerprint density at radius 2 is 1.57 bits per heavy atom. The number of halogens is 1. The largest absolute Gasteiger partial charge is 0.486 e. The average Bonchev–Trinajstić information content (AvgIpc) is 3.76. The first-order chi connectivity index (χ1) is 27.5. The molecule has 8 heteroatoms. The number of hydrogen-bond acceptors (Lipinski definition) is 4. The van der Waals surface area contributed by atoms with E-state index in [-0.39, 0.29) is 36.6 Å². The van der Waals surface area contributed by atoms with Gasteiger partial charge in [-0.05, 0) is 71.4 Å². The second-order valence-electron chi connectivity index (χ2n) is 16.0. The Kier molecular flexibility index (Phi) is 9.42. The van der Waals surface area contributed by atoms with Gasteiger partial charge in [-0.1, -0.05) is 111 Å². The maximum Gasteiger partial charge on any atom is 0.216 e. The van der Waals surface area contributed by atoms with E-state index >= 15 is 0 Å². The van der Waals surface area contributed by atoms with Gasteiger partial charge in [-0.3, -0.25) is 9.37 Å². The summed E-state index contributed by atoms with van der Waals surface area (Å²) in [5.74, 6) is 0.346. The van der Waals surface area contributed by atoms with Gasteiger partial charge in [0.05, 0.1) is 30.5 Å². The van der Waals surface area contributed by atoms with Crippen LogP contribution in [0.3, 0.4) is 0 Å². The van der Waals surface area contributed by atoms with E-state index < -0.39 is 20.7 Å². The van der Waals surface area contributed by atoms with Crippen molar-refractivity contribution >= 4 is 57.1 Å². The van der Waals surface area contributed by atoms with Crippen LogP contribution in [-0.4, -0.2) is 27.6 Å². The second kappa shape index (κ2) is 15.0. The molecule has 283 valence electrons. The summed E-state index contributed by atoms with van der Waals surface area (Å²) in [5.41, 5.74) is 8.35. The molecule has 4 aromatic heterocycles. The number of imidazole rings is 1. The van der Waals surface area contributed by atoms with E-state index in [1.165, 1.54) is 23.1 Å². The molecule has 9 rings (SSSR count). The number of hydrogen-bond donors (Lipinski definition) is 0. The van der Waals surface area contributed by atoms with Crippen LogP contribution in [0.4, 0.5) is 4.39 Å². The molecule has 0 saturated heterocycles. The van der Waals surface area contributed by atoms with Crippen molar-refractivity contribution in [1.82, 2.24) is 19.5 Å². The summed E-state index contributed by atoms with van der Waals surface area (Å²) in [4.78, 5) is 14.1. The van der Waals surface area contributed by atoms with Crippen LogP contribution < -0.4 is 5.19 Å². The summed E-state index contributed by atoms with van der Waals surface area (Å²) in [7, 11) is -1.85. The molecule has 5 aromatic carbocycles. The van der Waals surface area contributed by atoms with Gasteiger partial charge in [0, 0.05) is 58.4 Å². The molecule has 9 aromatic rings. The summed E-state index contributed by atoms with van der Waals surface area (Å²) in [6, 6.07) is 41.8. The molecule has 56 heavy (non-hydrogen) atoms. The number of rotatable bonds is 4. The molecule has 0 aliphatic carbocycles. The second-order valence-corrected chi connectivity index (χ2v) is 21.0. The molecule has 0 fully saturated rings. The molecule has 0 amide bonds. The predicted octanol–water partition coefficient (Wildman–Crippen LogP) is 12.1. The molecule has 0 aliphatic heterocycles. The third-order valence-electron chi connectivity index (χ3n) is 9.98. The molecular formula is C48H43FIrN4OSi-2. The van der Waals surface area contributed by atoms with Gasteiger partial charge in [0.15, 0.2) is 0 Å². The van der Waals surface area contributed by atoms with Gasteiger partial charge < -0.3 is 14.0 Å². The van der Waals surface area contributed by atoms with Crippen molar-refractivity contribution < 1.29 is 33.0 Å². The van der Waals surface area contributed by atoms with E-state index in [9.17, 15) is 4.39 Å². The van der Waals surface area contributed by atoms with Crippen LogP contribution in [0.1, 0.15) is 41.7 Å². The third kappa shape index (κ3) is 7.25. The van der Waals surface area contributed by atoms with Crippen molar-refractivity contribution in [1.29, 1.82) is 0 Å². The minimum Gasteiger partial charge on any atom is -0.486 e. The molecule has 4 heterocycles. The SMILES string of the molecule is Cc1ccc2c(n1)oc1c(-c3nc4c5ccccc5ccc4n3-c3ccc(C(C)(C)C)cc3)[c-]ccc12.[2H]C([2H])([2H])c1cc(-c2[c-]cccc2F)ncc1[Si](C)(C)C.[Ir]. The third-order valence-corrected chi connectivity index (χ3v) is 12.0. The van der Waals surface area contributed by atoms with Crippen LogP contribution in [0.2, 0.25) is 19.6 Å². The fourth-order valence-electron chi connectivity index (χ4n) is 7.03. The Morgan fingerprint density at radius 3 is 2.30 bits per heavy atom. The van der Waals surface area contributed by atoms with Gasteiger partial charge in [-0.15, -0.1) is 42.5 Å². The Balaban J connectivity index is 0.000000206. The molecule has 0 saturated carbocycles. The molecule has 0 atom stereocenters. The first-order valence-corrected chi connectivity index (χ1v) is 21.9. The van der Waals surface area contributed by atoms with Crippen molar-refractivity contribution in [2.75, 3.05) is 0 Å². The summed E-state index contributed by atoms with van der Waals surface area (Å²) in [5, 5.41) is 5.09. The topological polar surface area (TPSA) is 56.7 Å². The van der Waals surface area contributed by atoms with Crippen LogP contribution in [0.15, 0.2) is 120 Å². The van der Waals surface area contributed by atoms with Gasteiger partial charge in [-0.25, -0.2) is 4.98 Å². The van der Waals surface area contributed by atoms with Crippen LogP contribution in [0.25, 0.3) is 72.2 Å². The van der Waals surface area contributed by atoms with E-state index in [2.05, 4.69) is 134 Å². The van der Waals surface area contributed by atoms with Gasteiger partial charge in [0.2, 0.25) is 5.71 Å². The van der Waals surface area contributed by atoms with Gasteiger partial charge in [0.1, 0.15) is 0 Å². The number of pyridine rings is 2. The van der Waals surface area contributed by atoms with E-state index in [0.717, 1.165) is 60.7 Å². The predicted molar refractivity (Wildman–Crippen MR) is 228 cm³/mol. The zero-order valence-corrected chi connectivity index (χ0v) is 35.8. The Bertz CT molecular complexity index is 3000. The van der Waals surface area contributed by atoms with Crippen LogP contribution in [-0.2, 0) is 25.5 Å². The van der Waals surface area contributed by atoms with Crippen LogP contribution >= 0.6 is 0 Å². The number of nitrogens with zero attached hydrogens (tertiary/aromatic N) is 4. The van der Waals surface area contributed by atoms with Crippen LogP contribution in [0, 0.1) is 31.7 Å². The maximum atomic E-state index is 13.8. The maximum absolute atomic E-state index is 13.8. The average molecular weight is 934 g/mol. The normalized spacial score (nSPS) is 12.9. The Morgan fingerprint density at radius 1 is 0.804 bits per heavy atom. The summed E-state index contributed by atoms with van der Waals surface area (Å²) in [6.07, 6.45) is 1.59. The van der Waals surface area contributed by atoms with Crippen molar-refractivity contribution in [2.45, 2.75) is 59.6 Å². The molecule has 0 aliphatic rings. The van der Waals surface area contributed by atoms with Crippen LogP contribution in [0.5, 0.6) is 0 Å². The minimum atomic E-state index is -2.24. The minimum absolute atomic E-state index is 0. The number of fused-ring (bicyclic) bond motifs is 6. The van der Waals surface area contributed by atoms with E-state index in [1.807, 2.05) is 25.1 Å². The molecule has 1 radical (unpaired) electrons. The molecule has 0 bridgehead atoms. The Labute approximate surface area is 346 Å². The van der Waals surface area contributed by atoms with Crippen molar-refractivity contribution in [3.05, 3.63) is 150 Å². The molecule has 0 unspecified atom stereocenters. The fourth-order valence-corrected chi connectivity index (χ4v) is 8.37. The monoisotopic (exact) mass is 934 g/mol. The van der Waals surface area contributed by atoms with Gasteiger partial charge in [0.25, 0.3) is 0 Å². The number of benzene rings is 5. The zero-order chi connectivity index (χ0) is 41.1. The first kappa shape index (κ1) is 35.2. The van der Waals surface area contributed by atoms with E-state index in [4.69, 9.17) is 13.5 Å². The van der Waals surface area contributed by atoms with E-state index in [0.29, 0.717) is 11.4 Å². The smallest absolute Gasteiger partial charge is 0.216 e.